The molecule has 1 aliphatic heterocycles. The summed E-state index contributed by atoms with van der Waals surface area (Å²) in [5, 5.41) is 12.4. The summed E-state index contributed by atoms with van der Waals surface area (Å²) in [6.45, 7) is 0.805. The van der Waals surface area contributed by atoms with Gasteiger partial charge in [-0.05, 0) is 43.2 Å². The largest absolute Gasteiger partial charge is 0.388 e. The molecular formula is C25H22Cl2N4O3. The SMILES string of the molecule is O=C(c1ccccc1Cl)N1CCC(O)(Cn2cnc3c(cc(Cl)n3-c3ccccc3)c2=O)CC1. The second-order valence-corrected chi connectivity index (χ2v) is 9.34. The number of likely N-dealkylation sites (tertiary alicyclic amines) is 1. The van der Waals surface area contributed by atoms with Crippen LogP contribution in [0.1, 0.15) is 23.2 Å². The predicted molar refractivity (Wildman–Crippen MR) is 132 cm³/mol. The topological polar surface area (TPSA) is 80.4 Å². The first kappa shape index (κ1) is 22.7. The van der Waals surface area contributed by atoms with E-state index in [1.165, 1.54) is 10.9 Å². The molecule has 1 N–H and O–H groups in total. The number of hydrogen-bond donors (Lipinski definition) is 1. The highest BCUT2D eigenvalue weighted by atomic mass is 35.5. The molecule has 2 aromatic carbocycles. The van der Waals surface area contributed by atoms with E-state index in [2.05, 4.69) is 4.98 Å². The number of carbonyl (C=O) groups is 1. The number of rotatable bonds is 4. The van der Waals surface area contributed by atoms with Gasteiger partial charge in [0.25, 0.3) is 11.5 Å². The number of para-hydroxylation sites is 1. The van der Waals surface area contributed by atoms with Gasteiger partial charge in [0.2, 0.25) is 0 Å². The van der Waals surface area contributed by atoms with E-state index in [0.29, 0.717) is 52.7 Å². The van der Waals surface area contributed by atoms with E-state index in [-0.39, 0.29) is 18.0 Å². The maximum absolute atomic E-state index is 13.2. The molecule has 0 atom stereocenters. The molecule has 174 valence electrons. The highest BCUT2D eigenvalue weighted by Crippen LogP contribution is 2.28. The third-order valence-corrected chi connectivity index (χ3v) is 6.91. The molecular weight excluding hydrogens is 475 g/mol. The molecule has 4 aromatic rings. The molecule has 34 heavy (non-hydrogen) atoms. The Morgan fingerprint density at radius 3 is 2.41 bits per heavy atom. The van der Waals surface area contributed by atoms with E-state index in [1.54, 1.807) is 39.8 Å². The van der Waals surface area contributed by atoms with Crippen molar-refractivity contribution in [3.05, 3.63) is 93.1 Å². The van der Waals surface area contributed by atoms with Crippen molar-refractivity contribution in [3.63, 3.8) is 0 Å². The minimum Gasteiger partial charge on any atom is -0.388 e. The number of piperidine rings is 1. The van der Waals surface area contributed by atoms with Gasteiger partial charge in [0.05, 0.1) is 28.1 Å². The zero-order valence-corrected chi connectivity index (χ0v) is 19.7. The lowest BCUT2D eigenvalue weighted by Gasteiger charge is -2.38. The first-order valence-electron chi connectivity index (χ1n) is 10.9. The van der Waals surface area contributed by atoms with E-state index >= 15 is 0 Å². The summed E-state index contributed by atoms with van der Waals surface area (Å²) in [5.74, 6) is -0.162. The first-order valence-corrected chi connectivity index (χ1v) is 11.7. The second-order valence-electron chi connectivity index (χ2n) is 8.55. The fourth-order valence-electron chi connectivity index (χ4n) is 4.43. The Balaban J connectivity index is 1.36. The molecule has 9 heteroatoms. The fraction of sp³-hybridized carbons (Fsp3) is 0.240. The Hall–Kier alpha value is -3.13. The molecule has 0 unspecified atom stereocenters. The smallest absolute Gasteiger partial charge is 0.262 e. The number of aliphatic hydroxyl groups is 1. The number of halogens is 2. The molecule has 0 saturated carbocycles. The van der Waals surface area contributed by atoms with Gasteiger partial charge < -0.3 is 10.0 Å². The Kier molecular flexibility index (Phi) is 5.93. The molecule has 0 aliphatic carbocycles. The lowest BCUT2D eigenvalue weighted by Crippen LogP contribution is -2.49. The summed E-state index contributed by atoms with van der Waals surface area (Å²) in [6, 6.07) is 18.0. The third kappa shape index (κ3) is 4.11. The Morgan fingerprint density at radius 1 is 1.03 bits per heavy atom. The Morgan fingerprint density at radius 2 is 1.71 bits per heavy atom. The van der Waals surface area contributed by atoms with E-state index in [0.717, 1.165) is 5.69 Å². The van der Waals surface area contributed by atoms with Crippen molar-refractivity contribution in [3.8, 4) is 5.69 Å². The number of carbonyl (C=O) groups excluding carboxylic acids is 1. The summed E-state index contributed by atoms with van der Waals surface area (Å²) < 4.78 is 3.13. The minimum absolute atomic E-state index is 0.0804. The summed E-state index contributed by atoms with van der Waals surface area (Å²) in [5.41, 5.74) is 0.304. The molecule has 2 aromatic heterocycles. The van der Waals surface area contributed by atoms with Crippen molar-refractivity contribution in [1.29, 1.82) is 0 Å². The van der Waals surface area contributed by atoms with Gasteiger partial charge in [0, 0.05) is 18.8 Å². The number of aromatic nitrogens is 3. The Labute approximate surface area is 205 Å². The van der Waals surface area contributed by atoms with Crippen LogP contribution in [0.3, 0.4) is 0 Å². The van der Waals surface area contributed by atoms with Gasteiger partial charge in [0.1, 0.15) is 11.5 Å². The molecule has 0 radical (unpaired) electrons. The summed E-state index contributed by atoms with van der Waals surface area (Å²) in [6.07, 6.45) is 2.11. The van der Waals surface area contributed by atoms with Crippen LogP contribution >= 0.6 is 23.2 Å². The number of nitrogens with zero attached hydrogens (tertiary/aromatic N) is 4. The second kappa shape index (κ2) is 8.91. The quantitative estimate of drug-likeness (QED) is 0.459. The van der Waals surface area contributed by atoms with Crippen molar-refractivity contribution in [2.75, 3.05) is 13.1 Å². The number of fused-ring (bicyclic) bond motifs is 1. The average molecular weight is 497 g/mol. The van der Waals surface area contributed by atoms with Crippen LogP contribution < -0.4 is 5.56 Å². The normalized spacial score (nSPS) is 15.6. The summed E-state index contributed by atoms with van der Waals surface area (Å²) in [4.78, 5) is 32.2. The van der Waals surface area contributed by atoms with Gasteiger partial charge in [-0.25, -0.2) is 4.98 Å². The van der Waals surface area contributed by atoms with Crippen molar-refractivity contribution < 1.29 is 9.90 Å². The van der Waals surface area contributed by atoms with Crippen LogP contribution in [0.25, 0.3) is 16.7 Å². The van der Waals surface area contributed by atoms with Crippen LogP contribution in [-0.2, 0) is 6.54 Å². The van der Waals surface area contributed by atoms with E-state index in [9.17, 15) is 14.7 Å². The lowest BCUT2D eigenvalue weighted by atomic mass is 9.91. The van der Waals surface area contributed by atoms with Crippen LogP contribution in [0, 0.1) is 0 Å². The fourth-order valence-corrected chi connectivity index (χ4v) is 4.93. The minimum atomic E-state index is -1.14. The van der Waals surface area contributed by atoms with Crippen LogP contribution in [0.15, 0.2) is 71.8 Å². The molecule has 0 spiro atoms. The predicted octanol–water partition coefficient (Wildman–Crippen LogP) is 4.16. The number of benzene rings is 2. The standard InChI is InChI=1S/C25H22Cl2N4O3/c26-20-9-5-4-8-18(20)23(32)29-12-10-25(34,11-13-29)15-30-16-28-22-19(24(30)33)14-21(27)31(22)17-6-2-1-3-7-17/h1-9,14,16,34H,10-13,15H2. The first-order chi connectivity index (χ1) is 16.4. The third-order valence-electron chi connectivity index (χ3n) is 6.31. The zero-order valence-electron chi connectivity index (χ0n) is 18.2. The summed E-state index contributed by atoms with van der Waals surface area (Å²) in [7, 11) is 0. The van der Waals surface area contributed by atoms with Crippen LogP contribution in [0.5, 0.6) is 0 Å². The van der Waals surface area contributed by atoms with Crippen LogP contribution in [0.2, 0.25) is 10.2 Å². The van der Waals surface area contributed by atoms with Crippen molar-refractivity contribution in [1.82, 2.24) is 19.0 Å². The monoisotopic (exact) mass is 496 g/mol. The Bertz CT molecular complexity index is 1420. The molecule has 7 nitrogen and oxygen atoms in total. The molecule has 5 rings (SSSR count). The molecule has 0 bridgehead atoms. The van der Waals surface area contributed by atoms with Crippen molar-refractivity contribution >= 4 is 40.1 Å². The highest BCUT2D eigenvalue weighted by molar-refractivity contribution is 6.33. The van der Waals surface area contributed by atoms with Gasteiger partial charge in [-0.3, -0.25) is 18.7 Å². The van der Waals surface area contributed by atoms with E-state index < -0.39 is 5.60 Å². The number of hydrogen-bond acceptors (Lipinski definition) is 4. The molecule has 3 heterocycles. The zero-order chi connectivity index (χ0) is 23.9. The molecule has 1 fully saturated rings. The van der Waals surface area contributed by atoms with Gasteiger partial charge in [-0.1, -0.05) is 53.5 Å². The molecule has 1 saturated heterocycles. The van der Waals surface area contributed by atoms with Crippen LogP contribution in [-0.4, -0.2) is 48.7 Å². The number of amides is 1. The van der Waals surface area contributed by atoms with E-state index in [1.807, 2.05) is 30.3 Å². The highest BCUT2D eigenvalue weighted by Gasteiger charge is 2.35. The van der Waals surface area contributed by atoms with Gasteiger partial charge in [-0.15, -0.1) is 0 Å². The van der Waals surface area contributed by atoms with Crippen LogP contribution in [0.4, 0.5) is 0 Å². The van der Waals surface area contributed by atoms with Gasteiger partial charge in [-0.2, -0.15) is 0 Å². The maximum Gasteiger partial charge on any atom is 0.262 e. The van der Waals surface area contributed by atoms with Crippen molar-refractivity contribution in [2.24, 2.45) is 0 Å². The molecule has 1 amide bonds. The lowest BCUT2D eigenvalue weighted by molar-refractivity contribution is -0.0299. The summed E-state index contributed by atoms with van der Waals surface area (Å²) >= 11 is 12.6. The van der Waals surface area contributed by atoms with E-state index in [4.69, 9.17) is 23.2 Å². The average Bonchev–Trinajstić information content (AvgIpc) is 3.18. The van der Waals surface area contributed by atoms with Gasteiger partial charge >= 0.3 is 0 Å². The van der Waals surface area contributed by atoms with Gasteiger partial charge in [0.15, 0.2) is 5.65 Å². The molecule has 1 aliphatic rings. The van der Waals surface area contributed by atoms with Crippen molar-refractivity contribution in [2.45, 2.75) is 25.0 Å². The maximum atomic E-state index is 13.2.